The quantitative estimate of drug-likeness (QED) is 0.488. The fourth-order valence-electron chi connectivity index (χ4n) is 2.67. The van der Waals surface area contributed by atoms with Crippen LogP contribution in [-0.4, -0.2) is 9.38 Å². The molecule has 3 heteroatoms. The van der Waals surface area contributed by atoms with Crippen LogP contribution in [-0.2, 0) is 0 Å². The van der Waals surface area contributed by atoms with Gasteiger partial charge in [-0.1, -0.05) is 71.5 Å². The highest BCUT2D eigenvalue weighted by Gasteiger charge is 2.13. The lowest BCUT2D eigenvalue weighted by Gasteiger charge is -2.00. The molecule has 0 saturated carbocycles. The van der Waals surface area contributed by atoms with Gasteiger partial charge in [-0.3, -0.25) is 4.40 Å². The molecule has 0 unspecified atom stereocenters. The summed E-state index contributed by atoms with van der Waals surface area (Å²) in [6.07, 6.45) is 2.13. The van der Waals surface area contributed by atoms with Crippen molar-refractivity contribution in [3.63, 3.8) is 0 Å². The molecule has 0 atom stereocenters. The zero-order valence-corrected chi connectivity index (χ0v) is 13.4. The van der Waals surface area contributed by atoms with Crippen LogP contribution in [0.15, 0.2) is 60.8 Å². The zero-order valence-electron chi connectivity index (χ0n) is 12.6. The maximum Gasteiger partial charge on any atom is 0.195 e. The molecule has 2 heterocycles. The molecule has 4 aromatic rings. The van der Waals surface area contributed by atoms with E-state index in [2.05, 4.69) is 60.8 Å². The topological polar surface area (TPSA) is 17.3 Å². The van der Waals surface area contributed by atoms with Gasteiger partial charge in [-0.2, -0.15) is 0 Å². The summed E-state index contributed by atoms with van der Waals surface area (Å²) >= 11 is 1.75. The van der Waals surface area contributed by atoms with Crippen molar-refractivity contribution in [3.05, 3.63) is 72.1 Å². The van der Waals surface area contributed by atoms with Crippen molar-refractivity contribution in [2.75, 3.05) is 0 Å². The molecule has 22 heavy (non-hydrogen) atoms. The Balaban J connectivity index is 1.82. The molecule has 0 aliphatic heterocycles. The second kappa shape index (κ2) is 5.11. The summed E-state index contributed by atoms with van der Waals surface area (Å²) in [7, 11) is 0. The molecule has 0 fully saturated rings. The number of hydrogen-bond acceptors (Lipinski definition) is 2. The van der Waals surface area contributed by atoms with E-state index in [4.69, 9.17) is 4.98 Å². The smallest absolute Gasteiger partial charge is 0.195 e. The molecule has 2 nitrogen and oxygen atoms in total. The molecule has 2 aromatic heterocycles. The molecule has 0 aliphatic rings. The summed E-state index contributed by atoms with van der Waals surface area (Å²) in [6.45, 7) is 4.28. The van der Waals surface area contributed by atoms with E-state index in [9.17, 15) is 0 Å². The fraction of sp³-hybridized carbons (Fsp3) is 0.105. The predicted octanol–water partition coefficient (Wildman–Crippen LogP) is 5.35. The molecule has 0 N–H and O–H groups in total. The van der Waals surface area contributed by atoms with Gasteiger partial charge in [-0.25, -0.2) is 4.98 Å². The Labute approximate surface area is 133 Å². The number of nitrogens with zero attached hydrogens (tertiary/aromatic N) is 2. The van der Waals surface area contributed by atoms with E-state index in [1.807, 2.05) is 18.2 Å². The Morgan fingerprint density at radius 1 is 0.864 bits per heavy atom. The summed E-state index contributed by atoms with van der Waals surface area (Å²) in [5.74, 6) is 0. The van der Waals surface area contributed by atoms with Gasteiger partial charge in [0, 0.05) is 17.5 Å². The van der Waals surface area contributed by atoms with Crippen LogP contribution in [0.4, 0.5) is 0 Å². The van der Waals surface area contributed by atoms with Gasteiger partial charge in [0.15, 0.2) is 4.96 Å². The number of rotatable bonds is 2. The monoisotopic (exact) mass is 304 g/mol. The van der Waals surface area contributed by atoms with Gasteiger partial charge >= 0.3 is 0 Å². The summed E-state index contributed by atoms with van der Waals surface area (Å²) in [5, 5.41) is 0. The number of hydrogen-bond donors (Lipinski definition) is 0. The second-order valence-corrected chi connectivity index (χ2v) is 6.50. The summed E-state index contributed by atoms with van der Waals surface area (Å²) in [4.78, 5) is 7.13. The Morgan fingerprint density at radius 3 is 2.27 bits per heavy atom. The summed E-state index contributed by atoms with van der Waals surface area (Å²) in [5.41, 5.74) is 5.99. The first-order valence-electron chi connectivity index (χ1n) is 7.33. The molecule has 108 valence electrons. The molecular formula is C19H16N2S. The minimum Gasteiger partial charge on any atom is -0.294 e. The standard InChI is InChI=1S/C19H16N2S/c1-13-8-10-16(11-9-13)18-14(2)21-12-17(20-19(21)22-18)15-6-4-3-5-7-15/h3-12H,1-2H3. The minimum atomic E-state index is 1.03. The van der Waals surface area contributed by atoms with Crippen LogP contribution in [0.2, 0.25) is 0 Å². The first-order valence-corrected chi connectivity index (χ1v) is 8.15. The van der Waals surface area contributed by atoms with E-state index in [1.54, 1.807) is 11.3 Å². The van der Waals surface area contributed by atoms with Crippen LogP contribution >= 0.6 is 11.3 Å². The number of fused-ring (bicyclic) bond motifs is 1. The van der Waals surface area contributed by atoms with Crippen LogP contribution in [0.3, 0.4) is 0 Å². The molecular weight excluding hydrogens is 288 g/mol. The van der Waals surface area contributed by atoms with E-state index in [1.165, 1.54) is 21.7 Å². The Morgan fingerprint density at radius 2 is 1.59 bits per heavy atom. The average Bonchev–Trinajstić information content (AvgIpc) is 3.09. The maximum absolute atomic E-state index is 4.79. The van der Waals surface area contributed by atoms with E-state index < -0.39 is 0 Å². The third-order valence-electron chi connectivity index (χ3n) is 3.94. The van der Waals surface area contributed by atoms with Crippen LogP contribution in [0.5, 0.6) is 0 Å². The Bertz CT molecular complexity index is 931. The van der Waals surface area contributed by atoms with Gasteiger partial charge in [0.2, 0.25) is 0 Å². The fourth-order valence-corrected chi connectivity index (χ4v) is 3.79. The molecule has 2 aromatic carbocycles. The van der Waals surface area contributed by atoms with Crippen molar-refractivity contribution in [1.82, 2.24) is 9.38 Å². The van der Waals surface area contributed by atoms with Crippen molar-refractivity contribution in [2.24, 2.45) is 0 Å². The van der Waals surface area contributed by atoms with Crippen LogP contribution in [0, 0.1) is 13.8 Å². The number of aromatic nitrogens is 2. The maximum atomic E-state index is 4.79. The van der Waals surface area contributed by atoms with Gasteiger partial charge in [0.25, 0.3) is 0 Å². The third-order valence-corrected chi connectivity index (χ3v) is 5.15. The lowest BCUT2D eigenvalue weighted by atomic mass is 10.1. The van der Waals surface area contributed by atoms with Crippen LogP contribution in [0.25, 0.3) is 26.7 Å². The highest BCUT2D eigenvalue weighted by atomic mass is 32.1. The lowest BCUT2D eigenvalue weighted by molar-refractivity contribution is 1.13. The molecule has 4 rings (SSSR count). The number of aryl methyl sites for hydroxylation is 2. The number of imidazole rings is 1. The van der Waals surface area contributed by atoms with Crippen molar-refractivity contribution in [2.45, 2.75) is 13.8 Å². The number of thiazole rings is 1. The first-order chi connectivity index (χ1) is 10.7. The largest absolute Gasteiger partial charge is 0.294 e. The average molecular weight is 304 g/mol. The van der Waals surface area contributed by atoms with Crippen molar-refractivity contribution >= 4 is 16.3 Å². The highest BCUT2D eigenvalue weighted by Crippen LogP contribution is 2.34. The molecule has 0 radical (unpaired) electrons. The van der Waals surface area contributed by atoms with E-state index in [0.717, 1.165) is 16.2 Å². The molecule has 0 bridgehead atoms. The van der Waals surface area contributed by atoms with Gasteiger partial charge < -0.3 is 0 Å². The summed E-state index contributed by atoms with van der Waals surface area (Å²) in [6, 6.07) is 19.0. The van der Waals surface area contributed by atoms with Gasteiger partial charge in [-0.05, 0) is 19.4 Å². The third kappa shape index (κ3) is 2.14. The lowest BCUT2D eigenvalue weighted by Crippen LogP contribution is -1.84. The SMILES string of the molecule is Cc1ccc(-c2sc3nc(-c4ccccc4)cn3c2C)cc1. The van der Waals surface area contributed by atoms with Crippen molar-refractivity contribution in [3.8, 4) is 21.7 Å². The zero-order chi connectivity index (χ0) is 15.1. The van der Waals surface area contributed by atoms with E-state index in [-0.39, 0.29) is 0 Å². The Kier molecular flexibility index (Phi) is 3.09. The summed E-state index contributed by atoms with van der Waals surface area (Å²) < 4.78 is 2.20. The number of benzene rings is 2. The predicted molar refractivity (Wildman–Crippen MR) is 93.4 cm³/mol. The highest BCUT2D eigenvalue weighted by molar-refractivity contribution is 7.20. The first kappa shape index (κ1) is 13.3. The van der Waals surface area contributed by atoms with Crippen molar-refractivity contribution in [1.29, 1.82) is 0 Å². The van der Waals surface area contributed by atoms with Gasteiger partial charge in [0.05, 0.1) is 10.6 Å². The minimum absolute atomic E-state index is 1.03. The Hall–Kier alpha value is -2.39. The van der Waals surface area contributed by atoms with E-state index >= 15 is 0 Å². The molecule has 0 aliphatic carbocycles. The van der Waals surface area contributed by atoms with Gasteiger partial charge in [-0.15, -0.1) is 0 Å². The molecule has 0 amide bonds. The van der Waals surface area contributed by atoms with E-state index in [0.29, 0.717) is 0 Å². The van der Waals surface area contributed by atoms with Crippen molar-refractivity contribution < 1.29 is 0 Å². The van der Waals surface area contributed by atoms with Gasteiger partial charge in [0.1, 0.15) is 0 Å². The van der Waals surface area contributed by atoms with Crippen LogP contribution in [0.1, 0.15) is 11.3 Å². The second-order valence-electron chi connectivity index (χ2n) is 5.53. The molecule has 0 spiro atoms. The normalized spacial score (nSPS) is 11.2. The molecule has 0 saturated heterocycles. The van der Waals surface area contributed by atoms with Crippen LogP contribution < -0.4 is 0 Å².